The highest BCUT2D eigenvalue weighted by atomic mass is 16.2. The zero-order valence-corrected chi connectivity index (χ0v) is 16.9. The van der Waals surface area contributed by atoms with Crippen LogP contribution in [0.4, 0.5) is 0 Å². The molecule has 6 nitrogen and oxygen atoms in total. The molecular formula is C24H26N4O2. The fourth-order valence-corrected chi connectivity index (χ4v) is 4.03. The van der Waals surface area contributed by atoms with E-state index in [9.17, 15) is 9.59 Å². The van der Waals surface area contributed by atoms with E-state index < -0.39 is 5.91 Å². The molecule has 1 heterocycles. The summed E-state index contributed by atoms with van der Waals surface area (Å²) in [6.07, 6.45) is 5.79. The largest absolute Gasteiger partial charge is 0.366 e. The molecule has 0 saturated carbocycles. The molecule has 0 unspecified atom stereocenters. The maximum atomic E-state index is 13.0. The molecule has 0 bridgehead atoms. The molecule has 0 fully saturated rings. The van der Waals surface area contributed by atoms with Crippen LogP contribution in [-0.4, -0.2) is 28.1 Å². The first-order valence-corrected chi connectivity index (χ1v) is 10.5. The minimum absolute atomic E-state index is 0.145. The Morgan fingerprint density at radius 2 is 1.80 bits per heavy atom. The van der Waals surface area contributed by atoms with Gasteiger partial charge in [0.2, 0.25) is 5.91 Å². The van der Waals surface area contributed by atoms with Gasteiger partial charge >= 0.3 is 0 Å². The number of nitrogens with one attached hydrogen (secondary N) is 1. The Morgan fingerprint density at radius 3 is 2.60 bits per heavy atom. The molecule has 4 rings (SSSR count). The third kappa shape index (κ3) is 4.27. The predicted octanol–water partition coefficient (Wildman–Crippen LogP) is 3.21. The SMILES string of the molecule is NC(=O)c1cccc(CCNC(=O)c2nn(-c3ccccc3)c3c2CCCCC3)c1. The summed E-state index contributed by atoms with van der Waals surface area (Å²) < 4.78 is 1.94. The molecule has 30 heavy (non-hydrogen) atoms. The number of para-hydroxylation sites is 1. The van der Waals surface area contributed by atoms with Gasteiger partial charge in [-0.3, -0.25) is 9.59 Å². The highest BCUT2D eigenvalue weighted by Crippen LogP contribution is 2.26. The molecule has 0 atom stereocenters. The molecule has 0 spiro atoms. The van der Waals surface area contributed by atoms with Gasteiger partial charge in [0.25, 0.3) is 5.91 Å². The number of carbonyl (C=O) groups excluding carboxylic acids is 2. The minimum atomic E-state index is -0.449. The summed E-state index contributed by atoms with van der Waals surface area (Å²) in [5, 5.41) is 7.71. The van der Waals surface area contributed by atoms with Crippen molar-refractivity contribution in [2.45, 2.75) is 38.5 Å². The van der Waals surface area contributed by atoms with E-state index >= 15 is 0 Å². The average molecular weight is 402 g/mol. The van der Waals surface area contributed by atoms with E-state index in [1.165, 1.54) is 6.42 Å². The van der Waals surface area contributed by atoms with Crippen molar-refractivity contribution in [3.8, 4) is 5.69 Å². The highest BCUT2D eigenvalue weighted by molar-refractivity contribution is 5.94. The standard InChI is InChI=1S/C24H26N4O2/c25-23(29)18-9-7-8-17(16-18)14-15-26-24(30)22-20-12-5-2-6-13-21(20)28(27-22)19-10-3-1-4-11-19/h1,3-4,7-11,16H,2,5-6,12-15H2,(H2,25,29)(H,26,30). The summed E-state index contributed by atoms with van der Waals surface area (Å²) in [6, 6.07) is 17.2. The number of aromatic nitrogens is 2. The zero-order valence-electron chi connectivity index (χ0n) is 16.9. The van der Waals surface area contributed by atoms with E-state index in [1.807, 2.05) is 41.1 Å². The lowest BCUT2D eigenvalue weighted by atomic mass is 10.1. The number of hydrogen-bond donors (Lipinski definition) is 2. The number of amides is 2. The Bertz CT molecular complexity index is 1060. The van der Waals surface area contributed by atoms with Gasteiger partial charge in [-0.2, -0.15) is 5.10 Å². The van der Waals surface area contributed by atoms with Crippen LogP contribution in [0.3, 0.4) is 0 Å². The van der Waals surface area contributed by atoms with Gasteiger partial charge < -0.3 is 11.1 Å². The second kappa shape index (κ2) is 8.95. The van der Waals surface area contributed by atoms with Crippen molar-refractivity contribution in [2.75, 3.05) is 6.54 Å². The minimum Gasteiger partial charge on any atom is -0.366 e. The fourth-order valence-electron chi connectivity index (χ4n) is 4.03. The number of nitrogens with zero attached hydrogens (tertiary/aromatic N) is 2. The lowest BCUT2D eigenvalue weighted by molar-refractivity contribution is 0.0946. The Balaban J connectivity index is 1.52. The van der Waals surface area contributed by atoms with E-state index in [4.69, 9.17) is 10.8 Å². The van der Waals surface area contributed by atoms with E-state index in [0.717, 1.165) is 48.2 Å². The van der Waals surface area contributed by atoms with Gasteiger partial charge in [0.1, 0.15) is 0 Å². The molecule has 3 aromatic rings. The van der Waals surface area contributed by atoms with Crippen LogP contribution >= 0.6 is 0 Å². The zero-order chi connectivity index (χ0) is 20.9. The monoisotopic (exact) mass is 402 g/mol. The first-order chi connectivity index (χ1) is 14.6. The Kier molecular flexibility index (Phi) is 5.93. The maximum Gasteiger partial charge on any atom is 0.272 e. The van der Waals surface area contributed by atoms with Gasteiger partial charge in [0.15, 0.2) is 5.69 Å². The smallest absolute Gasteiger partial charge is 0.272 e. The normalized spacial score (nSPS) is 13.3. The van der Waals surface area contributed by atoms with Crippen LogP contribution in [0.25, 0.3) is 5.69 Å². The second-order valence-electron chi connectivity index (χ2n) is 7.65. The van der Waals surface area contributed by atoms with Crippen molar-refractivity contribution in [1.82, 2.24) is 15.1 Å². The van der Waals surface area contributed by atoms with Crippen LogP contribution < -0.4 is 11.1 Å². The molecule has 0 saturated heterocycles. The first-order valence-electron chi connectivity index (χ1n) is 10.5. The Morgan fingerprint density at radius 1 is 1.00 bits per heavy atom. The van der Waals surface area contributed by atoms with Crippen molar-refractivity contribution in [1.29, 1.82) is 0 Å². The van der Waals surface area contributed by atoms with Crippen LogP contribution in [-0.2, 0) is 19.3 Å². The van der Waals surface area contributed by atoms with E-state index in [0.29, 0.717) is 24.2 Å². The lowest BCUT2D eigenvalue weighted by Crippen LogP contribution is -2.27. The number of primary amides is 1. The third-order valence-electron chi connectivity index (χ3n) is 5.56. The summed E-state index contributed by atoms with van der Waals surface area (Å²) in [7, 11) is 0. The topological polar surface area (TPSA) is 90.0 Å². The lowest BCUT2D eigenvalue weighted by Gasteiger charge is -2.06. The fraction of sp³-hybridized carbons (Fsp3) is 0.292. The molecule has 1 aliphatic rings. The van der Waals surface area contributed by atoms with Gasteiger partial charge in [-0.25, -0.2) is 4.68 Å². The summed E-state index contributed by atoms with van der Waals surface area (Å²) in [6.45, 7) is 0.466. The van der Waals surface area contributed by atoms with E-state index in [1.54, 1.807) is 18.2 Å². The predicted molar refractivity (Wildman–Crippen MR) is 116 cm³/mol. The van der Waals surface area contributed by atoms with Crippen molar-refractivity contribution >= 4 is 11.8 Å². The van der Waals surface area contributed by atoms with E-state index in [-0.39, 0.29) is 5.91 Å². The van der Waals surface area contributed by atoms with Crippen LogP contribution in [0.1, 0.15) is 56.9 Å². The number of nitrogens with two attached hydrogens (primary N) is 1. The van der Waals surface area contributed by atoms with Gasteiger partial charge in [0.05, 0.1) is 5.69 Å². The molecule has 0 aliphatic heterocycles. The van der Waals surface area contributed by atoms with E-state index in [2.05, 4.69) is 5.32 Å². The highest BCUT2D eigenvalue weighted by Gasteiger charge is 2.24. The molecule has 0 radical (unpaired) electrons. The van der Waals surface area contributed by atoms with Gasteiger partial charge in [0, 0.05) is 23.4 Å². The van der Waals surface area contributed by atoms with Crippen LogP contribution in [0.5, 0.6) is 0 Å². The van der Waals surface area contributed by atoms with Crippen molar-refractivity contribution in [3.05, 3.63) is 82.7 Å². The van der Waals surface area contributed by atoms with Crippen molar-refractivity contribution in [3.63, 3.8) is 0 Å². The van der Waals surface area contributed by atoms with Crippen LogP contribution in [0, 0.1) is 0 Å². The number of hydrogen-bond acceptors (Lipinski definition) is 3. The maximum absolute atomic E-state index is 13.0. The first kappa shape index (κ1) is 19.9. The van der Waals surface area contributed by atoms with Gasteiger partial charge in [-0.1, -0.05) is 36.8 Å². The van der Waals surface area contributed by atoms with Crippen LogP contribution in [0.15, 0.2) is 54.6 Å². The quantitative estimate of drug-likeness (QED) is 0.621. The molecule has 1 aliphatic carbocycles. The molecule has 2 amide bonds. The average Bonchev–Trinajstić information content (AvgIpc) is 2.95. The number of carbonyl (C=O) groups is 2. The summed E-state index contributed by atoms with van der Waals surface area (Å²) in [4.78, 5) is 24.3. The Labute approximate surface area is 176 Å². The Hall–Kier alpha value is -3.41. The van der Waals surface area contributed by atoms with Crippen LogP contribution in [0.2, 0.25) is 0 Å². The van der Waals surface area contributed by atoms with Crippen molar-refractivity contribution < 1.29 is 9.59 Å². The van der Waals surface area contributed by atoms with Crippen molar-refractivity contribution in [2.24, 2.45) is 5.73 Å². The number of fused-ring (bicyclic) bond motifs is 1. The molecule has 1 aromatic heterocycles. The summed E-state index contributed by atoms with van der Waals surface area (Å²) >= 11 is 0. The van der Waals surface area contributed by atoms with Gasteiger partial charge in [-0.15, -0.1) is 0 Å². The summed E-state index contributed by atoms with van der Waals surface area (Å²) in [5.74, 6) is -0.594. The number of benzene rings is 2. The molecule has 6 heteroatoms. The molecule has 3 N–H and O–H groups in total. The molecular weight excluding hydrogens is 376 g/mol. The second-order valence-corrected chi connectivity index (χ2v) is 7.65. The number of rotatable bonds is 6. The summed E-state index contributed by atoms with van der Waals surface area (Å²) in [5.41, 5.74) is 10.5. The molecule has 154 valence electrons. The van der Waals surface area contributed by atoms with Gasteiger partial charge in [-0.05, 0) is 61.9 Å². The third-order valence-corrected chi connectivity index (χ3v) is 5.56. The molecule has 2 aromatic carbocycles.